The number of aromatic nitrogens is 2. The number of halogens is 1. The first-order valence-electron chi connectivity index (χ1n) is 9.06. The number of nitrogens with zero attached hydrogens (tertiary/aromatic N) is 3. The Hall–Kier alpha value is -3.60. The molecule has 1 aliphatic heterocycles. The van der Waals surface area contributed by atoms with Gasteiger partial charge in [-0.05, 0) is 41.5 Å². The van der Waals surface area contributed by atoms with Gasteiger partial charge in [-0.15, -0.1) is 0 Å². The van der Waals surface area contributed by atoms with Crippen LogP contribution in [0.25, 0.3) is 22.0 Å². The molecule has 0 aliphatic carbocycles. The molecule has 0 fully saturated rings. The second-order valence-electron chi connectivity index (χ2n) is 6.84. The van der Waals surface area contributed by atoms with Gasteiger partial charge >= 0.3 is 0 Å². The van der Waals surface area contributed by atoms with E-state index in [1.165, 1.54) is 6.07 Å². The van der Waals surface area contributed by atoms with E-state index < -0.39 is 0 Å². The third-order valence-electron chi connectivity index (χ3n) is 5.12. The molecule has 2 aromatic heterocycles. The Balaban J connectivity index is 1.45. The third-order valence-corrected chi connectivity index (χ3v) is 5.12. The summed E-state index contributed by atoms with van der Waals surface area (Å²) in [6.07, 6.45) is 3.40. The van der Waals surface area contributed by atoms with Crippen molar-refractivity contribution in [2.24, 2.45) is 0 Å². The van der Waals surface area contributed by atoms with Crippen molar-refractivity contribution in [3.05, 3.63) is 95.7 Å². The van der Waals surface area contributed by atoms with Crippen LogP contribution in [0.5, 0.6) is 0 Å². The quantitative estimate of drug-likeness (QED) is 0.531. The molecule has 1 amide bonds. The highest BCUT2D eigenvalue weighted by Gasteiger charge is 2.28. The topological polar surface area (TPSA) is 46.1 Å². The summed E-state index contributed by atoms with van der Waals surface area (Å²) in [7, 11) is 0. The summed E-state index contributed by atoms with van der Waals surface area (Å²) in [4.78, 5) is 22.7. The molecule has 4 aromatic rings. The van der Waals surface area contributed by atoms with Gasteiger partial charge in [-0.2, -0.15) is 0 Å². The Morgan fingerprint density at radius 2 is 1.82 bits per heavy atom. The lowest BCUT2D eigenvalue weighted by atomic mass is 10.00. The Morgan fingerprint density at radius 3 is 2.68 bits per heavy atom. The molecule has 3 heterocycles. The first kappa shape index (κ1) is 16.6. The Labute approximate surface area is 161 Å². The lowest BCUT2D eigenvalue weighted by Gasteiger charge is -2.16. The summed E-state index contributed by atoms with van der Waals surface area (Å²) in [6, 6.07) is 18.4. The average molecular weight is 369 g/mol. The predicted molar refractivity (Wildman–Crippen MR) is 105 cm³/mol. The minimum atomic E-state index is -0.324. The zero-order valence-corrected chi connectivity index (χ0v) is 15.0. The van der Waals surface area contributed by atoms with E-state index in [-0.39, 0.29) is 18.3 Å². The van der Waals surface area contributed by atoms with Crippen molar-refractivity contribution in [2.45, 2.75) is 13.1 Å². The van der Waals surface area contributed by atoms with Crippen molar-refractivity contribution in [1.29, 1.82) is 0 Å². The Bertz CT molecular complexity index is 1220. The maximum absolute atomic E-state index is 14.9. The zero-order chi connectivity index (χ0) is 19.1. The minimum absolute atomic E-state index is 0.105. The van der Waals surface area contributed by atoms with Crippen LogP contribution in [0, 0.1) is 5.82 Å². The molecular weight excluding hydrogens is 353 g/mol. The van der Waals surface area contributed by atoms with Crippen LogP contribution < -0.4 is 0 Å². The molecular formula is C23H16FN3O. The number of fused-ring (bicyclic) bond motifs is 2. The molecule has 0 saturated heterocycles. The van der Waals surface area contributed by atoms with Crippen LogP contribution in [0.3, 0.4) is 0 Å². The van der Waals surface area contributed by atoms with E-state index in [9.17, 15) is 9.18 Å². The molecule has 5 rings (SSSR count). The van der Waals surface area contributed by atoms with Crippen molar-refractivity contribution < 1.29 is 9.18 Å². The van der Waals surface area contributed by atoms with Gasteiger partial charge in [0.1, 0.15) is 5.82 Å². The molecule has 0 atom stereocenters. The van der Waals surface area contributed by atoms with Crippen molar-refractivity contribution >= 4 is 16.8 Å². The lowest BCUT2D eigenvalue weighted by molar-refractivity contribution is 0.0765. The predicted octanol–water partition coefficient (Wildman–Crippen LogP) is 4.59. The molecule has 1 aliphatic rings. The van der Waals surface area contributed by atoms with Gasteiger partial charge in [0.25, 0.3) is 5.91 Å². The fourth-order valence-corrected chi connectivity index (χ4v) is 3.71. The van der Waals surface area contributed by atoms with Gasteiger partial charge in [-0.1, -0.05) is 30.3 Å². The molecule has 5 heteroatoms. The maximum atomic E-state index is 14.9. The summed E-state index contributed by atoms with van der Waals surface area (Å²) < 4.78 is 14.9. The highest BCUT2D eigenvalue weighted by atomic mass is 19.1. The lowest BCUT2D eigenvalue weighted by Crippen LogP contribution is -2.23. The number of para-hydroxylation sites is 1. The first-order valence-corrected chi connectivity index (χ1v) is 9.06. The fourth-order valence-electron chi connectivity index (χ4n) is 3.71. The van der Waals surface area contributed by atoms with Crippen LogP contribution in [-0.4, -0.2) is 20.8 Å². The van der Waals surface area contributed by atoms with Crippen LogP contribution >= 0.6 is 0 Å². The van der Waals surface area contributed by atoms with Gasteiger partial charge in [-0.25, -0.2) is 4.39 Å². The van der Waals surface area contributed by atoms with E-state index in [1.54, 1.807) is 35.5 Å². The van der Waals surface area contributed by atoms with Crippen LogP contribution in [0.4, 0.5) is 4.39 Å². The Kier molecular flexibility index (Phi) is 3.86. The van der Waals surface area contributed by atoms with Crippen LogP contribution in [0.1, 0.15) is 21.6 Å². The van der Waals surface area contributed by atoms with Crippen LogP contribution in [0.2, 0.25) is 0 Å². The largest absolute Gasteiger partial charge is 0.328 e. The average Bonchev–Trinajstić information content (AvgIpc) is 3.05. The maximum Gasteiger partial charge on any atom is 0.256 e. The molecule has 2 aromatic carbocycles. The molecule has 136 valence electrons. The number of amides is 1. The molecule has 0 radical (unpaired) electrons. The summed E-state index contributed by atoms with van der Waals surface area (Å²) in [6.45, 7) is 0.629. The highest BCUT2D eigenvalue weighted by molar-refractivity contribution is 5.97. The van der Waals surface area contributed by atoms with Gasteiger partial charge in [0.2, 0.25) is 0 Å². The van der Waals surface area contributed by atoms with Crippen molar-refractivity contribution in [3.63, 3.8) is 0 Å². The number of carbonyl (C=O) groups excluding carboxylic acids is 1. The monoisotopic (exact) mass is 369 g/mol. The van der Waals surface area contributed by atoms with Crippen molar-refractivity contribution in [1.82, 2.24) is 14.9 Å². The number of benzene rings is 2. The summed E-state index contributed by atoms with van der Waals surface area (Å²) >= 11 is 0. The minimum Gasteiger partial charge on any atom is -0.328 e. The van der Waals surface area contributed by atoms with Gasteiger partial charge in [-0.3, -0.25) is 14.8 Å². The fraction of sp³-hybridized carbons (Fsp3) is 0.0870. The van der Waals surface area contributed by atoms with Crippen molar-refractivity contribution in [2.75, 3.05) is 0 Å². The van der Waals surface area contributed by atoms with E-state index in [0.717, 1.165) is 27.7 Å². The number of hydrogen-bond donors (Lipinski definition) is 0. The third kappa shape index (κ3) is 2.72. The SMILES string of the molecule is O=C1c2cccnc2CN1Cc1ccc(-c2ccnc3ccccc23)cc1F. The normalized spacial score (nSPS) is 13.2. The number of pyridine rings is 2. The molecule has 4 nitrogen and oxygen atoms in total. The standard InChI is InChI=1S/C23H16FN3O/c24-20-12-15(17-9-11-26-21-6-2-1-4-18(17)21)7-8-16(20)13-27-14-22-19(23(27)28)5-3-10-25-22/h1-12H,13-14H2. The zero-order valence-electron chi connectivity index (χ0n) is 15.0. The van der Waals surface area contributed by atoms with E-state index in [4.69, 9.17) is 0 Å². The van der Waals surface area contributed by atoms with E-state index in [0.29, 0.717) is 17.7 Å². The van der Waals surface area contributed by atoms with Gasteiger partial charge < -0.3 is 4.90 Å². The number of hydrogen-bond acceptors (Lipinski definition) is 3. The molecule has 0 N–H and O–H groups in total. The first-order chi connectivity index (χ1) is 13.7. The van der Waals surface area contributed by atoms with Gasteiger partial charge in [0.15, 0.2) is 0 Å². The van der Waals surface area contributed by atoms with Crippen LogP contribution in [-0.2, 0) is 13.1 Å². The summed E-state index contributed by atoms with van der Waals surface area (Å²) in [5.74, 6) is -0.429. The van der Waals surface area contributed by atoms with E-state index in [2.05, 4.69) is 9.97 Å². The molecule has 0 spiro atoms. The Morgan fingerprint density at radius 1 is 0.929 bits per heavy atom. The highest BCUT2D eigenvalue weighted by Crippen LogP contribution is 2.30. The van der Waals surface area contributed by atoms with E-state index in [1.807, 2.05) is 36.4 Å². The molecule has 28 heavy (non-hydrogen) atoms. The molecule has 0 saturated carbocycles. The molecule has 0 unspecified atom stereocenters. The van der Waals surface area contributed by atoms with Crippen molar-refractivity contribution in [3.8, 4) is 11.1 Å². The van der Waals surface area contributed by atoms with E-state index >= 15 is 0 Å². The van der Waals surface area contributed by atoms with Gasteiger partial charge in [0, 0.05) is 29.9 Å². The smallest absolute Gasteiger partial charge is 0.256 e. The number of carbonyl (C=O) groups is 1. The molecule has 0 bridgehead atoms. The number of rotatable bonds is 3. The summed E-state index contributed by atoms with van der Waals surface area (Å²) in [5, 5.41) is 0.980. The second-order valence-corrected chi connectivity index (χ2v) is 6.84. The summed E-state index contributed by atoms with van der Waals surface area (Å²) in [5.41, 5.74) is 4.43. The van der Waals surface area contributed by atoms with Gasteiger partial charge in [0.05, 0.1) is 23.3 Å². The van der Waals surface area contributed by atoms with Crippen LogP contribution in [0.15, 0.2) is 73.1 Å². The second kappa shape index (κ2) is 6.53.